The van der Waals surface area contributed by atoms with Gasteiger partial charge in [-0.15, -0.1) is 0 Å². The van der Waals surface area contributed by atoms with Crippen molar-refractivity contribution in [3.63, 3.8) is 0 Å². The van der Waals surface area contributed by atoms with Gasteiger partial charge in [0.1, 0.15) is 5.75 Å². The highest BCUT2D eigenvalue weighted by Crippen LogP contribution is 2.34. The molecule has 186 valence electrons. The number of anilines is 1. The smallest absolute Gasteiger partial charge is 0.266 e. The number of ether oxygens (including phenoxy) is 1. The molecule has 8 nitrogen and oxygen atoms in total. The lowest BCUT2D eigenvalue weighted by Crippen LogP contribution is -2.35. The van der Waals surface area contributed by atoms with E-state index in [1.165, 1.54) is 25.7 Å². The third-order valence-corrected chi connectivity index (χ3v) is 7.15. The van der Waals surface area contributed by atoms with Crippen molar-refractivity contribution in [3.8, 4) is 5.75 Å². The summed E-state index contributed by atoms with van der Waals surface area (Å²) < 4.78 is 11.5. The Bertz CT molecular complexity index is 933. The molecule has 1 amide bonds. The van der Waals surface area contributed by atoms with Gasteiger partial charge in [0, 0.05) is 30.6 Å². The Kier molecular flexibility index (Phi) is 8.43. The van der Waals surface area contributed by atoms with Crippen LogP contribution in [0.4, 0.5) is 5.95 Å². The van der Waals surface area contributed by atoms with E-state index in [9.17, 15) is 4.79 Å². The van der Waals surface area contributed by atoms with Crippen molar-refractivity contribution in [1.29, 1.82) is 0 Å². The molecule has 1 saturated heterocycles. The number of aryl methyl sites for hydroxylation is 1. The van der Waals surface area contributed by atoms with Crippen LogP contribution in [-0.4, -0.2) is 53.5 Å². The van der Waals surface area contributed by atoms with Crippen LogP contribution in [-0.2, 0) is 0 Å². The molecule has 1 aromatic carbocycles. The maximum Gasteiger partial charge on any atom is 0.266 e. The first-order valence-corrected chi connectivity index (χ1v) is 12.8. The second kappa shape index (κ2) is 11.7. The largest absolute Gasteiger partial charge is 0.494 e. The van der Waals surface area contributed by atoms with Gasteiger partial charge in [-0.1, -0.05) is 12.8 Å². The average Bonchev–Trinajstić information content (AvgIpc) is 3.54. The summed E-state index contributed by atoms with van der Waals surface area (Å²) in [6.45, 7) is 6.22. The molecule has 4 rings (SSSR count). The first-order valence-electron chi connectivity index (χ1n) is 12.8. The van der Waals surface area contributed by atoms with Gasteiger partial charge in [-0.25, -0.2) is 0 Å². The van der Waals surface area contributed by atoms with Crippen molar-refractivity contribution < 1.29 is 19.2 Å². The van der Waals surface area contributed by atoms with Crippen LogP contribution in [0.2, 0.25) is 0 Å². The highest BCUT2D eigenvalue weighted by Gasteiger charge is 2.26. The molecular weight excluding hydrogens is 432 g/mol. The van der Waals surface area contributed by atoms with Gasteiger partial charge in [-0.05, 0) is 87.2 Å². The molecule has 2 fully saturated rings. The molecule has 0 spiro atoms. The average molecular weight is 471 g/mol. The fourth-order valence-corrected chi connectivity index (χ4v) is 5.01. The summed E-state index contributed by atoms with van der Waals surface area (Å²) in [4.78, 5) is 19.2. The van der Waals surface area contributed by atoms with Gasteiger partial charge >= 0.3 is 0 Å². The summed E-state index contributed by atoms with van der Waals surface area (Å²) >= 11 is 0. The van der Waals surface area contributed by atoms with E-state index < -0.39 is 0 Å². The van der Waals surface area contributed by atoms with E-state index in [-0.39, 0.29) is 18.6 Å². The number of carbonyl (C=O) groups excluding carboxylic acids is 1. The number of carbonyl (C=O) groups is 1. The van der Waals surface area contributed by atoms with E-state index in [1.807, 2.05) is 19.1 Å². The molecule has 1 unspecified atom stereocenters. The molecule has 2 aromatic rings. The number of aliphatic hydroxyl groups is 1. The summed E-state index contributed by atoms with van der Waals surface area (Å²) in [6, 6.07) is 5.27. The van der Waals surface area contributed by atoms with Crippen LogP contribution < -0.4 is 15.0 Å². The summed E-state index contributed by atoms with van der Waals surface area (Å²) in [6.07, 6.45) is 9.32. The van der Waals surface area contributed by atoms with E-state index in [0.29, 0.717) is 24.0 Å². The van der Waals surface area contributed by atoms with Crippen LogP contribution in [0.25, 0.3) is 0 Å². The molecule has 34 heavy (non-hydrogen) atoms. The first-order chi connectivity index (χ1) is 16.5. The topological polar surface area (TPSA) is 101 Å². The Labute approximate surface area is 202 Å². The Balaban J connectivity index is 1.15. The maximum absolute atomic E-state index is 12.3. The number of amides is 1. The summed E-state index contributed by atoms with van der Waals surface area (Å²) in [5.41, 5.74) is 1.47. The number of piperidine rings is 1. The molecular formula is C26H38N4O4. The molecule has 1 aliphatic carbocycles. The molecule has 2 N–H and O–H groups in total. The zero-order chi connectivity index (χ0) is 23.9. The fourth-order valence-electron chi connectivity index (χ4n) is 5.01. The number of hydrogen-bond donors (Lipinski definition) is 2. The molecule has 2 aliphatic rings. The molecule has 1 aliphatic heterocycles. The van der Waals surface area contributed by atoms with Gasteiger partial charge in [0.25, 0.3) is 11.9 Å². The molecule has 1 aromatic heterocycles. The lowest BCUT2D eigenvalue weighted by atomic mass is 9.92. The predicted octanol–water partition coefficient (Wildman–Crippen LogP) is 4.22. The molecule has 1 saturated carbocycles. The maximum atomic E-state index is 12.3. The summed E-state index contributed by atoms with van der Waals surface area (Å²) in [5, 5.41) is 16.1. The molecule has 0 radical (unpaired) electrons. The van der Waals surface area contributed by atoms with Gasteiger partial charge in [0.2, 0.25) is 5.89 Å². The minimum Gasteiger partial charge on any atom is -0.494 e. The van der Waals surface area contributed by atoms with E-state index in [0.717, 1.165) is 61.9 Å². The van der Waals surface area contributed by atoms with Gasteiger partial charge in [-0.3, -0.25) is 4.79 Å². The molecule has 2 heterocycles. The Morgan fingerprint density at radius 1 is 1.26 bits per heavy atom. The molecule has 8 heteroatoms. The second-order valence-electron chi connectivity index (χ2n) is 9.87. The quantitative estimate of drug-likeness (QED) is 0.501. The van der Waals surface area contributed by atoms with Crippen LogP contribution in [0.1, 0.15) is 86.0 Å². The molecule has 0 bridgehead atoms. The SMILES string of the molecule is Cc1cc(OCCCC2CCN(c3noc(C4CCCC4)n3)CC2)ccc1C(=O)NC(C)CO. The molecule has 1 atom stereocenters. The van der Waals surface area contributed by atoms with E-state index in [1.54, 1.807) is 13.0 Å². The summed E-state index contributed by atoms with van der Waals surface area (Å²) in [7, 11) is 0. The Hall–Kier alpha value is -2.61. The summed E-state index contributed by atoms with van der Waals surface area (Å²) in [5.74, 6) is 3.37. The monoisotopic (exact) mass is 470 g/mol. The third-order valence-electron chi connectivity index (χ3n) is 7.15. The van der Waals surface area contributed by atoms with E-state index in [2.05, 4.69) is 20.4 Å². The van der Waals surface area contributed by atoms with Gasteiger partial charge in [0.05, 0.1) is 13.2 Å². The number of hydrogen-bond acceptors (Lipinski definition) is 7. The van der Waals surface area contributed by atoms with Gasteiger partial charge in [0.15, 0.2) is 0 Å². The first kappa shape index (κ1) is 24.5. The highest BCUT2D eigenvalue weighted by atomic mass is 16.5. The van der Waals surface area contributed by atoms with Crippen molar-refractivity contribution in [2.45, 2.75) is 77.2 Å². The van der Waals surface area contributed by atoms with Gasteiger partial charge < -0.3 is 24.6 Å². The highest BCUT2D eigenvalue weighted by molar-refractivity contribution is 5.95. The lowest BCUT2D eigenvalue weighted by Gasteiger charge is -2.30. The van der Waals surface area contributed by atoms with Crippen molar-refractivity contribution in [2.24, 2.45) is 5.92 Å². The Morgan fingerprint density at radius 3 is 2.74 bits per heavy atom. The number of aliphatic hydroxyl groups excluding tert-OH is 1. The third kappa shape index (κ3) is 6.29. The second-order valence-corrected chi connectivity index (χ2v) is 9.87. The van der Waals surface area contributed by atoms with Crippen molar-refractivity contribution >= 4 is 11.9 Å². The van der Waals surface area contributed by atoms with Crippen molar-refractivity contribution in [1.82, 2.24) is 15.5 Å². The number of nitrogens with one attached hydrogen (secondary N) is 1. The van der Waals surface area contributed by atoms with Crippen LogP contribution >= 0.6 is 0 Å². The van der Waals surface area contributed by atoms with Crippen LogP contribution in [0.15, 0.2) is 22.7 Å². The van der Waals surface area contributed by atoms with Crippen molar-refractivity contribution in [2.75, 3.05) is 31.2 Å². The minimum absolute atomic E-state index is 0.0799. The van der Waals surface area contributed by atoms with Crippen molar-refractivity contribution in [3.05, 3.63) is 35.2 Å². The van der Waals surface area contributed by atoms with E-state index in [4.69, 9.17) is 14.4 Å². The predicted molar refractivity (Wildman–Crippen MR) is 130 cm³/mol. The van der Waals surface area contributed by atoms with Crippen LogP contribution in [0.3, 0.4) is 0 Å². The van der Waals surface area contributed by atoms with Crippen LogP contribution in [0.5, 0.6) is 5.75 Å². The number of rotatable bonds is 10. The normalized spacial score (nSPS) is 18.3. The zero-order valence-electron chi connectivity index (χ0n) is 20.5. The zero-order valence-corrected chi connectivity index (χ0v) is 20.5. The van der Waals surface area contributed by atoms with Crippen LogP contribution in [0, 0.1) is 12.8 Å². The fraction of sp³-hybridized carbons (Fsp3) is 0.654. The number of aromatic nitrogens is 2. The lowest BCUT2D eigenvalue weighted by molar-refractivity contribution is 0.0921. The standard InChI is InChI=1S/C26H38N4O4/c1-18-16-22(9-10-23(18)24(32)27-19(2)17-31)33-15-5-6-20-11-13-30(14-12-20)26-28-25(34-29-26)21-7-3-4-8-21/h9-10,16,19-21,31H,3-8,11-15,17H2,1-2H3,(H,27,32). The number of nitrogens with zero attached hydrogens (tertiary/aromatic N) is 3. The van der Waals surface area contributed by atoms with Gasteiger partial charge in [-0.2, -0.15) is 4.98 Å². The number of benzene rings is 1. The minimum atomic E-state index is -0.267. The Morgan fingerprint density at radius 2 is 2.03 bits per heavy atom. The van der Waals surface area contributed by atoms with E-state index >= 15 is 0 Å².